The van der Waals surface area contributed by atoms with Crippen LogP contribution in [-0.4, -0.2) is 6.61 Å². The van der Waals surface area contributed by atoms with Crippen molar-refractivity contribution in [3.63, 3.8) is 0 Å². The maximum Gasteiger partial charge on any atom is 0.123 e. The molecule has 0 saturated heterocycles. The molecule has 68 valence electrons. The lowest BCUT2D eigenvalue weighted by Gasteiger charge is -2.09. The number of ether oxygens (including phenoxy) is 1. The van der Waals surface area contributed by atoms with Crippen LogP contribution in [-0.2, 0) is 0 Å². The first kappa shape index (κ1) is 9.40. The minimum Gasteiger partial charge on any atom is -0.494 e. The third kappa shape index (κ3) is 1.73. The fourth-order valence-electron chi connectivity index (χ4n) is 1.17. The molecule has 13 heavy (non-hydrogen) atoms. The zero-order valence-corrected chi connectivity index (χ0v) is 7.79. The lowest BCUT2D eigenvalue weighted by atomic mass is 10.1. The van der Waals surface area contributed by atoms with Crippen LogP contribution in [0.2, 0.25) is 0 Å². The summed E-state index contributed by atoms with van der Waals surface area (Å²) in [5.41, 5.74) is 7.44. The molecule has 0 aliphatic heterocycles. The first-order chi connectivity index (χ1) is 6.20. The number of nitriles is 1. The van der Waals surface area contributed by atoms with Crippen molar-refractivity contribution in [2.45, 2.75) is 13.8 Å². The van der Waals surface area contributed by atoms with E-state index in [1.165, 1.54) is 0 Å². The number of anilines is 1. The van der Waals surface area contributed by atoms with Crippen LogP contribution in [0.1, 0.15) is 18.1 Å². The number of nitrogens with zero attached hydrogens (tertiary/aromatic N) is 1. The highest BCUT2D eigenvalue weighted by Crippen LogP contribution is 2.25. The molecule has 0 radical (unpaired) electrons. The Labute approximate surface area is 77.7 Å². The molecule has 1 aromatic rings. The molecule has 0 unspecified atom stereocenters. The van der Waals surface area contributed by atoms with E-state index in [-0.39, 0.29) is 0 Å². The first-order valence-corrected chi connectivity index (χ1v) is 4.12. The zero-order valence-electron chi connectivity index (χ0n) is 7.79. The van der Waals surface area contributed by atoms with Crippen molar-refractivity contribution in [3.05, 3.63) is 23.3 Å². The number of nitrogens with two attached hydrogens (primary N) is 1. The van der Waals surface area contributed by atoms with Gasteiger partial charge in [0.2, 0.25) is 0 Å². The van der Waals surface area contributed by atoms with Crippen LogP contribution in [0.3, 0.4) is 0 Å². The van der Waals surface area contributed by atoms with Gasteiger partial charge in [0.25, 0.3) is 0 Å². The van der Waals surface area contributed by atoms with Crippen molar-refractivity contribution in [2.75, 3.05) is 12.3 Å². The lowest BCUT2D eigenvalue weighted by Crippen LogP contribution is -1.99. The largest absolute Gasteiger partial charge is 0.494 e. The maximum absolute atomic E-state index is 8.81. The van der Waals surface area contributed by atoms with Crippen LogP contribution in [0, 0.1) is 18.3 Å². The number of hydrogen-bond acceptors (Lipinski definition) is 3. The molecule has 0 aliphatic rings. The molecule has 1 rings (SSSR count). The summed E-state index contributed by atoms with van der Waals surface area (Å²) in [6.45, 7) is 4.33. The SMILES string of the molecule is CCOc1ccc(N)c(C#N)c1C. The van der Waals surface area contributed by atoms with Gasteiger partial charge in [-0.3, -0.25) is 0 Å². The summed E-state index contributed by atoms with van der Waals surface area (Å²) in [7, 11) is 0. The number of nitrogen functional groups attached to an aromatic ring is 1. The van der Waals surface area contributed by atoms with Crippen molar-refractivity contribution in [1.82, 2.24) is 0 Å². The van der Waals surface area contributed by atoms with Crippen molar-refractivity contribution in [2.24, 2.45) is 0 Å². The Morgan fingerprint density at radius 3 is 2.77 bits per heavy atom. The monoisotopic (exact) mass is 176 g/mol. The smallest absolute Gasteiger partial charge is 0.123 e. The van der Waals surface area contributed by atoms with E-state index in [1.807, 2.05) is 13.8 Å². The van der Waals surface area contributed by atoms with E-state index < -0.39 is 0 Å². The van der Waals surface area contributed by atoms with E-state index in [0.717, 1.165) is 11.3 Å². The molecule has 0 saturated carbocycles. The second-order valence-corrected chi connectivity index (χ2v) is 2.70. The molecule has 1 aromatic carbocycles. The van der Waals surface area contributed by atoms with Crippen molar-refractivity contribution in [3.8, 4) is 11.8 Å². The molecule has 0 heterocycles. The quantitative estimate of drug-likeness (QED) is 0.699. The first-order valence-electron chi connectivity index (χ1n) is 4.12. The summed E-state index contributed by atoms with van der Waals surface area (Å²) in [6.07, 6.45) is 0. The average Bonchev–Trinajstić information content (AvgIpc) is 2.11. The minimum atomic E-state index is 0.503. The summed E-state index contributed by atoms with van der Waals surface area (Å²) in [5, 5.41) is 8.81. The van der Waals surface area contributed by atoms with Crippen LogP contribution < -0.4 is 10.5 Å². The van der Waals surface area contributed by atoms with E-state index in [0.29, 0.717) is 17.9 Å². The highest BCUT2D eigenvalue weighted by atomic mass is 16.5. The van der Waals surface area contributed by atoms with Crippen LogP contribution in [0.15, 0.2) is 12.1 Å². The standard InChI is InChI=1S/C10H12N2O/c1-3-13-10-5-4-9(12)8(6-11)7(10)2/h4-5H,3,12H2,1-2H3. The fraction of sp³-hybridized carbons (Fsp3) is 0.300. The molecular formula is C10H12N2O. The van der Waals surface area contributed by atoms with E-state index >= 15 is 0 Å². The predicted molar refractivity (Wildman–Crippen MR) is 51.5 cm³/mol. The van der Waals surface area contributed by atoms with Crippen LogP contribution in [0.4, 0.5) is 5.69 Å². The summed E-state index contributed by atoms with van der Waals surface area (Å²) >= 11 is 0. The Balaban J connectivity index is 3.21. The Morgan fingerprint density at radius 1 is 1.54 bits per heavy atom. The molecule has 0 bridgehead atoms. The second kappa shape index (κ2) is 3.81. The molecule has 0 aliphatic carbocycles. The average molecular weight is 176 g/mol. The Hall–Kier alpha value is -1.69. The lowest BCUT2D eigenvalue weighted by molar-refractivity contribution is 0.338. The highest BCUT2D eigenvalue weighted by molar-refractivity contribution is 5.61. The topological polar surface area (TPSA) is 59.0 Å². The van der Waals surface area contributed by atoms with E-state index in [1.54, 1.807) is 12.1 Å². The Bertz CT molecular complexity index is 353. The van der Waals surface area contributed by atoms with Crippen LogP contribution >= 0.6 is 0 Å². The van der Waals surface area contributed by atoms with Gasteiger partial charge in [-0.15, -0.1) is 0 Å². The van der Waals surface area contributed by atoms with Crippen LogP contribution in [0.25, 0.3) is 0 Å². The van der Waals surface area contributed by atoms with Gasteiger partial charge in [-0.25, -0.2) is 0 Å². The summed E-state index contributed by atoms with van der Waals surface area (Å²) in [5.74, 6) is 0.730. The minimum absolute atomic E-state index is 0.503. The van der Waals surface area contributed by atoms with Crippen molar-refractivity contribution >= 4 is 5.69 Å². The normalized spacial score (nSPS) is 9.31. The van der Waals surface area contributed by atoms with Gasteiger partial charge < -0.3 is 10.5 Å². The van der Waals surface area contributed by atoms with Gasteiger partial charge in [0.05, 0.1) is 12.2 Å². The van der Waals surface area contributed by atoms with E-state index in [2.05, 4.69) is 6.07 Å². The molecule has 2 N–H and O–H groups in total. The van der Waals surface area contributed by atoms with Crippen molar-refractivity contribution < 1.29 is 4.74 Å². The maximum atomic E-state index is 8.81. The summed E-state index contributed by atoms with van der Waals surface area (Å²) in [4.78, 5) is 0. The molecule has 0 atom stereocenters. The van der Waals surface area contributed by atoms with Gasteiger partial charge in [-0.05, 0) is 26.0 Å². The summed E-state index contributed by atoms with van der Waals surface area (Å²) in [6, 6.07) is 5.54. The fourth-order valence-corrected chi connectivity index (χ4v) is 1.17. The number of benzene rings is 1. The van der Waals surface area contributed by atoms with Gasteiger partial charge in [-0.1, -0.05) is 0 Å². The van der Waals surface area contributed by atoms with E-state index in [4.69, 9.17) is 15.7 Å². The van der Waals surface area contributed by atoms with Crippen molar-refractivity contribution in [1.29, 1.82) is 5.26 Å². The second-order valence-electron chi connectivity index (χ2n) is 2.70. The van der Waals surface area contributed by atoms with Gasteiger partial charge in [0.15, 0.2) is 0 Å². The van der Waals surface area contributed by atoms with Gasteiger partial charge in [0, 0.05) is 11.3 Å². The van der Waals surface area contributed by atoms with Gasteiger partial charge in [-0.2, -0.15) is 5.26 Å². The predicted octanol–water partition coefficient (Wildman–Crippen LogP) is 1.85. The van der Waals surface area contributed by atoms with E-state index in [9.17, 15) is 0 Å². The van der Waals surface area contributed by atoms with Gasteiger partial charge in [0.1, 0.15) is 11.8 Å². The zero-order chi connectivity index (χ0) is 9.84. The van der Waals surface area contributed by atoms with Gasteiger partial charge >= 0.3 is 0 Å². The molecular weight excluding hydrogens is 164 g/mol. The number of hydrogen-bond donors (Lipinski definition) is 1. The summed E-state index contributed by atoms with van der Waals surface area (Å²) < 4.78 is 5.33. The molecule has 3 nitrogen and oxygen atoms in total. The molecule has 0 spiro atoms. The molecule has 0 fully saturated rings. The third-order valence-corrected chi connectivity index (χ3v) is 1.86. The Morgan fingerprint density at radius 2 is 2.23 bits per heavy atom. The molecule has 3 heteroatoms. The Kier molecular flexibility index (Phi) is 2.76. The molecule has 0 aromatic heterocycles. The third-order valence-electron chi connectivity index (χ3n) is 1.86. The number of rotatable bonds is 2. The molecule has 0 amide bonds. The highest BCUT2D eigenvalue weighted by Gasteiger charge is 2.07. The van der Waals surface area contributed by atoms with Crippen LogP contribution in [0.5, 0.6) is 5.75 Å².